The lowest BCUT2D eigenvalue weighted by molar-refractivity contribution is -0.151. The largest absolute Gasteiger partial charge is 0.479 e. The maximum absolute atomic E-state index is 12.4. The van der Waals surface area contributed by atoms with Gasteiger partial charge in [-0.15, -0.1) is 0 Å². The number of carbonyl (C=O) groups excluding carboxylic acids is 2. The summed E-state index contributed by atoms with van der Waals surface area (Å²) in [7, 11) is 0. The molecule has 0 aromatic heterocycles. The fraction of sp³-hybridized carbons (Fsp3) is 0.333. The zero-order valence-electron chi connectivity index (χ0n) is 15.8. The molecular formula is C21H24ClNO4. The number of amides is 1. The SMILES string of the molecule is CCCCOC(=O)[C@H](C)Oc1ccc(C(=O)Nc2ccc(Cl)cc2C)cc1. The van der Waals surface area contributed by atoms with Crippen LogP contribution >= 0.6 is 11.6 Å². The van der Waals surface area contributed by atoms with Gasteiger partial charge in [0.05, 0.1) is 6.61 Å². The molecule has 0 saturated heterocycles. The quantitative estimate of drug-likeness (QED) is 0.509. The number of ether oxygens (including phenoxy) is 2. The van der Waals surface area contributed by atoms with Crippen molar-refractivity contribution in [3.8, 4) is 5.75 Å². The number of nitrogens with one attached hydrogen (secondary N) is 1. The second-order valence-corrected chi connectivity index (χ2v) is 6.66. The number of anilines is 1. The summed E-state index contributed by atoms with van der Waals surface area (Å²) in [5.74, 6) is -0.142. The van der Waals surface area contributed by atoms with Gasteiger partial charge in [0.15, 0.2) is 6.10 Å². The van der Waals surface area contributed by atoms with Gasteiger partial charge in [-0.2, -0.15) is 0 Å². The first kappa shape index (κ1) is 20.8. The van der Waals surface area contributed by atoms with E-state index in [1.807, 2.05) is 13.8 Å². The monoisotopic (exact) mass is 389 g/mol. The van der Waals surface area contributed by atoms with Crippen LogP contribution in [0.5, 0.6) is 5.75 Å². The van der Waals surface area contributed by atoms with Gasteiger partial charge in [0, 0.05) is 16.3 Å². The van der Waals surface area contributed by atoms with E-state index in [4.69, 9.17) is 21.1 Å². The van der Waals surface area contributed by atoms with E-state index in [-0.39, 0.29) is 5.91 Å². The first-order chi connectivity index (χ1) is 12.9. The Morgan fingerprint density at radius 1 is 1.15 bits per heavy atom. The zero-order chi connectivity index (χ0) is 19.8. The standard InChI is InChI=1S/C21H24ClNO4/c1-4-5-12-26-21(25)15(3)27-18-9-6-16(7-10-18)20(24)23-19-11-8-17(22)13-14(19)2/h6-11,13,15H,4-5,12H2,1-3H3,(H,23,24)/t15-/m0/s1. The predicted molar refractivity (Wildman–Crippen MR) is 107 cm³/mol. The van der Waals surface area contributed by atoms with Crippen LogP contribution in [0, 0.1) is 6.92 Å². The first-order valence-corrected chi connectivity index (χ1v) is 9.29. The highest BCUT2D eigenvalue weighted by atomic mass is 35.5. The van der Waals surface area contributed by atoms with Gasteiger partial charge in [-0.25, -0.2) is 4.79 Å². The molecule has 0 unspecified atom stereocenters. The van der Waals surface area contributed by atoms with Crippen LogP contribution in [-0.2, 0) is 9.53 Å². The van der Waals surface area contributed by atoms with Crippen LogP contribution in [0.3, 0.4) is 0 Å². The predicted octanol–water partition coefficient (Wildman–Crippen LogP) is 5.01. The second kappa shape index (κ2) is 9.97. The zero-order valence-corrected chi connectivity index (χ0v) is 16.5. The number of rotatable bonds is 8. The van der Waals surface area contributed by atoms with Gasteiger partial charge in [-0.1, -0.05) is 24.9 Å². The molecule has 0 spiro atoms. The molecule has 6 heteroatoms. The molecule has 0 fully saturated rings. The van der Waals surface area contributed by atoms with E-state index in [1.54, 1.807) is 49.4 Å². The molecule has 2 aromatic rings. The molecule has 0 aliphatic heterocycles. The molecule has 1 atom stereocenters. The molecule has 1 amide bonds. The Morgan fingerprint density at radius 3 is 2.48 bits per heavy atom. The molecule has 27 heavy (non-hydrogen) atoms. The number of hydrogen-bond donors (Lipinski definition) is 1. The molecule has 0 radical (unpaired) electrons. The van der Waals surface area contributed by atoms with Gasteiger partial charge in [0.25, 0.3) is 5.91 Å². The van der Waals surface area contributed by atoms with Crippen molar-refractivity contribution in [1.29, 1.82) is 0 Å². The number of aryl methyl sites for hydroxylation is 1. The average molecular weight is 390 g/mol. The highest BCUT2D eigenvalue weighted by Gasteiger charge is 2.16. The Hall–Kier alpha value is -2.53. The number of unbranched alkanes of at least 4 members (excludes halogenated alkanes) is 1. The summed E-state index contributed by atoms with van der Waals surface area (Å²) in [6, 6.07) is 11.9. The maximum Gasteiger partial charge on any atom is 0.347 e. The third kappa shape index (κ3) is 6.29. The molecule has 1 N–H and O–H groups in total. The van der Waals surface area contributed by atoms with Gasteiger partial charge in [-0.3, -0.25) is 4.79 Å². The minimum Gasteiger partial charge on any atom is -0.479 e. The first-order valence-electron chi connectivity index (χ1n) is 8.91. The van der Waals surface area contributed by atoms with Crippen molar-refractivity contribution in [2.24, 2.45) is 0 Å². The van der Waals surface area contributed by atoms with Gasteiger partial charge >= 0.3 is 5.97 Å². The summed E-state index contributed by atoms with van der Waals surface area (Å²) in [6.07, 6.45) is 1.08. The summed E-state index contributed by atoms with van der Waals surface area (Å²) in [6.45, 7) is 5.93. The van der Waals surface area contributed by atoms with Crippen molar-refractivity contribution in [3.05, 3.63) is 58.6 Å². The molecule has 0 heterocycles. The van der Waals surface area contributed by atoms with Gasteiger partial charge < -0.3 is 14.8 Å². The highest BCUT2D eigenvalue weighted by Crippen LogP contribution is 2.21. The third-order valence-corrected chi connectivity index (χ3v) is 4.18. The lowest BCUT2D eigenvalue weighted by Crippen LogP contribution is -2.26. The molecule has 2 aromatic carbocycles. The summed E-state index contributed by atoms with van der Waals surface area (Å²) in [5.41, 5.74) is 2.06. The Balaban J connectivity index is 1.93. The van der Waals surface area contributed by atoms with E-state index in [2.05, 4.69) is 5.32 Å². The Kier molecular flexibility index (Phi) is 7.67. The van der Waals surface area contributed by atoms with Crippen molar-refractivity contribution in [3.63, 3.8) is 0 Å². The Morgan fingerprint density at radius 2 is 1.85 bits per heavy atom. The topological polar surface area (TPSA) is 64.6 Å². The molecule has 144 valence electrons. The summed E-state index contributed by atoms with van der Waals surface area (Å²) < 4.78 is 10.7. The van der Waals surface area contributed by atoms with Crippen molar-refractivity contribution in [2.45, 2.75) is 39.7 Å². The fourth-order valence-electron chi connectivity index (χ4n) is 2.33. The number of halogens is 1. The van der Waals surface area contributed by atoms with Gasteiger partial charge in [0.1, 0.15) is 5.75 Å². The van der Waals surface area contributed by atoms with Crippen LogP contribution in [0.2, 0.25) is 5.02 Å². The molecule has 0 saturated carbocycles. The van der Waals surface area contributed by atoms with E-state index in [0.29, 0.717) is 28.6 Å². The fourth-order valence-corrected chi connectivity index (χ4v) is 2.56. The van der Waals surface area contributed by atoms with E-state index >= 15 is 0 Å². The number of carbonyl (C=O) groups is 2. The molecule has 0 aliphatic rings. The Bertz CT molecular complexity index is 789. The van der Waals surface area contributed by atoms with E-state index < -0.39 is 12.1 Å². The normalized spacial score (nSPS) is 11.6. The summed E-state index contributed by atoms with van der Waals surface area (Å²) in [4.78, 5) is 24.2. The number of benzene rings is 2. The average Bonchev–Trinajstić information content (AvgIpc) is 2.64. The van der Waals surface area contributed by atoms with Gasteiger partial charge in [0.2, 0.25) is 0 Å². The number of hydrogen-bond acceptors (Lipinski definition) is 4. The van der Waals surface area contributed by atoms with Crippen LogP contribution in [0.4, 0.5) is 5.69 Å². The van der Waals surface area contributed by atoms with E-state index in [9.17, 15) is 9.59 Å². The second-order valence-electron chi connectivity index (χ2n) is 6.22. The number of esters is 1. The molecule has 0 bridgehead atoms. The van der Waals surface area contributed by atoms with Crippen molar-refractivity contribution < 1.29 is 19.1 Å². The minimum atomic E-state index is -0.710. The minimum absolute atomic E-state index is 0.237. The van der Waals surface area contributed by atoms with Crippen LogP contribution in [0.25, 0.3) is 0 Å². The molecule has 2 rings (SSSR count). The van der Waals surface area contributed by atoms with Crippen LogP contribution < -0.4 is 10.1 Å². The summed E-state index contributed by atoms with van der Waals surface area (Å²) in [5, 5.41) is 3.47. The maximum atomic E-state index is 12.4. The lowest BCUT2D eigenvalue weighted by Gasteiger charge is -2.14. The van der Waals surface area contributed by atoms with Crippen LogP contribution in [0.1, 0.15) is 42.6 Å². The van der Waals surface area contributed by atoms with E-state index in [0.717, 1.165) is 18.4 Å². The molecular weight excluding hydrogens is 366 g/mol. The van der Waals surface area contributed by atoms with Crippen LogP contribution in [-0.4, -0.2) is 24.6 Å². The van der Waals surface area contributed by atoms with Gasteiger partial charge in [-0.05, 0) is 68.3 Å². The summed E-state index contributed by atoms with van der Waals surface area (Å²) >= 11 is 5.93. The molecule has 5 nitrogen and oxygen atoms in total. The third-order valence-electron chi connectivity index (χ3n) is 3.94. The van der Waals surface area contributed by atoms with E-state index in [1.165, 1.54) is 0 Å². The van der Waals surface area contributed by atoms with Crippen molar-refractivity contribution >= 4 is 29.2 Å². The lowest BCUT2D eigenvalue weighted by atomic mass is 10.1. The van der Waals surface area contributed by atoms with Crippen molar-refractivity contribution in [2.75, 3.05) is 11.9 Å². The smallest absolute Gasteiger partial charge is 0.347 e. The Labute approximate surface area is 164 Å². The molecule has 0 aliphatic carbocycles. The van der Waals surface area contributed by atoms with Crippen LogP contribution in [0.15, 0.2) is 42.5 Å². The highest BCUT2D eigenvalue weighted by molar-refractivity contribution is 6.30. The van der Waals surface area contributed by atoms with Crippen molar-refractivity contribution in [1.82, 2.24) is 0 Å².